The van der Waals surface area contributed by atoms with Gasteiger partial charge in [0.1, 0.15) is 0 Å². The normalized spacial score (nSPS) is 10.1. The Morgan fingerprint density at radius 1 is 0.833 bits per heavy atom. The van der Waals surface area contributed by atoms with Gasteiger partial charge in [-0.15, -0.1) is 19.7 Å². The van der Waals surface area contributed by atoms with E-state index in [-0.39, 0.29) is 19.8 Å². The van der Waals surface area contributed by atoms with Crippen molar-refractivity contribution in [2.45, 2.75) is 26.7 Å². The van der Waals surface area contributed by atoms with Crippen molar-refractivity contribution in [3.8, 4) is 0 Å². The third-order valence-electron chi connectivity index (χ3n) is 1.55. The molecule has 0 saturated carbocycles. The van der Waals surface area contributed by atoms with Crippen LogP contribution < -0.4 is 0 Å². The van der Waals surface area contributed by atoms with E-state index in [0.717, 1.165) is 0 Å². The van der Waals surface area contributed by atoms with E-state index >= 15 is 0 Å². The van der Waals surface area contributed by atoms with Crippen molar-refractivity contribution in [1.82, 2.24) is 0 Å². The zero-order chi connectivity index (χ0) is 14.3. The van der Waals surface area contributed by atoms with E-state index in [1.807, 2.05) is 0 Å². The summed E-state index contributed by atoms with van der Waals surface area (Å²) in [7, 11) is -3.48. The molecule has 0 bridgehead atoms. The maximum absolute atomic E-state index is 11.7. The standard InChI is InChI=1S/C9H15O4P.C4H10/c1-4-7-11-14(10,12-8-5-2)13-9-6-3;1-3-4-2/h4-6H,1-3,7-9H2;3-4H2,1-2H3. The second-order valence-electron chi connectivity index (χ2n) is 3.20. The third-order valence-corrected chi connectivity index (χ3v) is 2.95. The molecule has 0 spiro atoms. The Hall–Kier alpha value is -0.670. The van der Waals surface area contributed by atoms with Crippen LogP contribution in [0.15, 0.2) is 38.0 Å². The van der Waals surface area contributed by atoms with Gasteiger partial charge in [0, 0.05) is 0 Å². The Kier molecular flexibility index (Phi) is 15.7. The quantitative estimate of drug-likeness (QED) is 0.435. The number of phosphoric ester groups is 1. The van der Waals surface area contributed by atoms with Gasteiger partial charge in [0.05, 0.1) is 19.8 Å². The summed E-state index contributed by atoms with van der Waals surface area (Å²) in [5, 5.41) is 0. The molecular weight excluding hydrogens is 251 g/mol. The zero-order valence-corrected chi connectivity index (χ0v) is 12.4. The van der Waals surface area contributed by atoms with Crippen LogP contribution in [0.5, 0.6) is 0 Å². The lowest BCUT2D eigenvalue weighted by Crippen LogP contribution is -2.00. The Labute approximate surface area is 111 Å². The first-order chi connectivity index (χ1) is 8.60. The van der Waals surface area contributed by atoms with E-state index < -0.39 is 7.82 Å². The van der Waals surface area contributed by atoms with Gasteiger partial charge >= 0.3 is 7.82 Å². The molecule has 0 heterocycles. The van der Waals surface area contributed by atoms with Gasteiger partial charge < -0.3 is 0 Å². The van der Waals surface area contributed by atoms with Crippen molar-refractivity contribution in [1.29, 1.82) is 0 Å². The summed E-state index contributed by atoms with van der Waals surface area (Å²) in [6.45, 7) is 14.9. The highest BCUT2D eigenvalue weighted by Crippen LogP contribution is 2.49. The van der Waals surface area contributed by atoms with Crippen LogP contribution >= 0.6 is 7.82 Å². The first kappa shape index (κ1) is 19.7. The van der Waals surface area contributed by atoms with Crippen molar-refractivity contribution in [3.63, 3.8) is 0 Å². The minimum atomic E-state index is -3.48. The number of hydrogen-bond donors (Lipinski definition) is 0. The number of rotatable bonds is 10. The fourth-order valence-electron chi connectivity index (χ4n) is 0.544. The number of hydrogen-bond acceptors (Lipinski definition) is 4. The van der Waals surface area contributed by atoms with Gasteiger partial charge in [-0.1, -0.05) is 44.9 Å². The van der Waals surface area contributed by atoms with Gasteiger partial charge in [0.15, 0.2) is 0 Å². The van der Waals surface area contributed by atoms with Crippen LogP contribution in [0.3, 0.4) is 0 Å². The van der Waals surface area contributed by atoms with Crippen LogP contribution in [0.25, 0.3) is 0 Å². The molecular formula is C13H25O4P. The summed E-state index contributed by atoms with van der Waals surface area (Å²) in [5.41, 5.74) is 0. The summed E-state index contributed by atoms with van der Waals surface area (Å²) in [5.74, 6) is 0. The van der Waals surface area contributed by atoms with Crippen LogP contribution in [0.4, 0.5) is 0 Å². The van der Waals surface area contributed by atoms with Crippen LogP contribution in [0.2, 0.25) is 0 Å². The van der Waals surface area contributed by atoms with Crippen molar-refractivity contribution >= 4 is 7.82 Å². The maximum Gasteiger partial charge on any atom is 0.475 e. The molecule has 106 valence electrons. The largest absolute Gasteiger partial charge is 0.475 e. The van der Waals surface area contributed by atoms with Crippen molar-refractivity contribution in [2.24, 2.45) is 0 Å². The molecule has 0 aromatic carbocycles. The van der Waals surface area contributed by atoms with Crippen LogP contribution in [0, 0.1) is 0 Å². The first-order valence-electron chi connectivity index (χ1n) is 5.96. The van der Waals surface area contributed by atoms with Crippen LogP contribution in [-0.4, -0.2) is 19.8 Å². The van der Waals surface area contributed by atoms with Gasteiger partial charge in [-0.3, -0.25) is 13.6 Å². The molecule has 0 aliphatic carbocycles. The molecule has 0 unspecified atom stereocenters. The molecule has 0 fully saturated rings. The molecule has 4 nitrogen and oxygen atoms in total. The van der Waals surface area contributed by atoms with Gasteiger partial charge in [0.25, 0.3) is 0 Å². The minimum Gasteiger partial charge on any atom is -0.283 e. The third kappa shape index (κ3) is 13.4. The smallest absolute Gasteiger partial charge is 0.283 e. The molecule has 0 aromatic heterocycles. The molecule has 0 atom stereocenters. The van der Waals surface area contributed by atoms with E-state index in [9.17, 15) is 4.57 Å². The molecule has 0 aliphatic heterocycles. The average molecular weight is 276 g/mol. The van der Waals surface area contributed by atoms with Crippen molar-refractivity contribution < 1.29 is 18.1 Å². The van der Waals surface area contributed by atoms with Gasteiger partial charge in [-0.05, 0) is 0 Å². The SMILES string of the molecule is C=CCOP(=O)(OCC=C)OCC=C.CCCC. The van der Waals surface area contributed by atoms with Gasteiger partial charge in [0.2, 0.25) is 0 Å². The Bertz CT molecular complexity index is 224. The van der Waals surface area contributed by atoms with Crippen LogP contribution in [-0.2, 0) is 18.1 Å². The molecule has 0 rings (SSSR count). The number of unbranched alkanes of at least 4 members (excludes halogenated alkanes) is 1. The van der Waals surface area contributed by atoms with E-state index in [0.29, 0.717) is 0 Å². The highest BCUT2D eigenvalue weighted by molar-refractivity contribution is 7.48. The van der Waals surface area contributed by atoms with E-state index in [2.05, 4.69) is 33.6 Å². The minimum absolute atomic E-state index is 0.103. The predicted molar refractivity (Wildman–Crippen MR) is 76.6 cm³/mol. The first-order valence-corrected chi connectivity index (χ1v) is 7.42. The Morgan fingerprint density at radius 2 is 1.11 bits per heavy atom. The molecule has 0 N–H and O–H groups in total. The highest BCUT2D eigenvalue weighted by atomic mass is 31.2. The molecule has 0 radical (unpaired) electrons. The molecule has 0 amide bonds. The summed E-state index contributed by atoms with van der Waals surface area (Å²) in [6.07, 6.45) is 7.02. The molecule has 0 aliphatic rings. The number of phosphoric acid groups is 1. The van der Waals surface area contributed by atoms with Crippen molar-refractivity contribution in [2.75, 3.05) is 19.8 Å². The Morgan fingerprint density at radius 3 is 1.28 bits per heavy atom. The van der Waals surface area contributed by atoms with E-state index in [1.165, 1.54) is 31.1 Å². The van der Waals surface area contributed by atoms with E-state index in [1.54, 1.807) is 0 Å². The monoisotopic (exact) mass is 276 g/mol. The van der Waals surface area contributed by atoms with Gasteiger partial charge in [-0.2, -0.15) is 0 Å². The molecule has 0 aromatic rings. The lowest BCUT2D eigenvalue weighted by atomic mass is 10.4. The van der Waals surface area contributed by atoms with Crippen LogP contribution in [0.1, 0.15) is 26.7 Å². The summed E-state index contributed by atoms with van der Waals surface area (Å²) in [6, 6.07) is 0. The lowest BCUT2D eigenvalue weighted by molar-refractivity contribution is 0.141. The Balaban J connectivity index is 0. The van der Waals surface area contributed by atoms with Gasteiger partial charge in [-0.25, -0.2) is 4.57 Å². The molecule has 0 saturated heterocycles. The summed E-state index contributed by atoms with van der Waals surface area (Å²) >= 11 is 0. The summed E-state index contributed by atoms with van der Waals surface area (Å²) in [4.78, 5) is 0. The maximum atomic E-state index is 11.7. The second kappa shape index (κ2) is 14.4. The molecule has 5 heteroatoms. The lowest BCUT2D eigenvalue weighted by Gasteiger charge is -2.15. The predicted octanol–water partition coefficient (Wildman–Crippen LogP) is 4.51. The van der Waals surface area contributed by atoms with E-state index in [4.69, 9.17) is 13.6 Å². The summed E-state index contributed by atoms with van der Waals surface area (Å²) < 4.78 is 26.3. The molecule has 18 heavy (non-hydrogen) atoms. The van der Waals surface area contributed by atoms with Crippen molar-refractivity contribution in [3.05, 3.63) is 38.0 Å². The highest BCUT2D eigenvalue weighted by Gasteiger charge is 2.24. The average Bonchev–Trinajstić information content (AvgIpc) is 2.41. The second-order valence-corrected chi connectivity index (χ2v) is 4.87. The zero-order valence-electron chi connectivity index (χ0n) is 11.5. The topological polar surface area (TPSA) is 44.8 Å². The fraction of sp³-hybridized carbons (Fsp3) is 0.538. The fourth-order valence-corrected chi connectivity index (χ4v) is 1.63.